The van der Waals surface area contributed by atoms with Gasteiger partial charge in [0.2, 0.25) is 0 Å². The van der Waals surface area contributed by atoms with Crippen molar-refractivity contribution in [3.05, 3.63) is 53.2 Å². The molecule has 6 heteroatoms. The number of rotatable bonds is 8. The van der Waals surface area contributed by atoms with Crippen LogP contribution in [0.5, 0.6) is 5.75 Å². The first-order chi connectivity index (χ1) is 11.1. The molecule has 23 heavy (non-hydrogen) atoms. The molecule has 0 radical (unpaired) electrons. The fourth-order valence-electron chi connectivity index (χ4n) is 1.83. The van der Waals surface area contributed by atoms with Gasteiger partial charge in [0.25, 0.3) is 0 Å². The van der Waals surface area contributed by atoms with Crippen LogP contribution in [0.15, 0.2) is 47.6 Å². The average Bonchev–Trinajstić information content (AvgIpc) is 2.59. The first-order valence-electron chi connectivity index (χ1n) is 7.27. The molecule has 0 saturated heterocycles. The molecule has 4 nitrogen and oxygen atoms in total. The van der Waals surface area contributed by atoms with Crippen molar-refractivity contribution in [3.63, 3.8) is 0 Å². The second-order valence-electron chi connectivity index (χ2n) is 4.87. The Hall–Kier alpha value is -1.56. The van der Waals surface area contributed by atoms with E-state index in [0.29, 0.717) is 33.5 Å². The van der Waals surface area contributed by atoms with E-state index >= 15 is 0 Å². The molecule has 0 spiro atoms. The van der Waals surface area contributed by atoms with Gasteiger partial charge < -0.3 is 9.84 Å². The van der Waals surface area contributed by atoms with Crippen molar-refractivity contribution < 1.29 is 14.6 Å². The smallest absolute Gasteiger partial charge is 0.162 e. The summed E-state index contributed by atoms with van der Waals surface area (Å²) in [7, 11) is 0. The van der Waals surface area contributed by atoms with E-state index in [1.54, 1.807) is 42.6 Å². The van der Waals surface area contributed by atoms with E-state index in [-0.39, 0.29) is 12.4 Å². The van der Waals surface area contributed by atoms with Crippen molar-refractivity contribution in [2.24, 2.45) is 0 Å². The van der Waals surface area contributed by atoms with E-state index in [1.165, 1.54) is 11.8 Å². The Labute approximate surface area is 144 Å². The number of nitrogens with zero attached hydrogens (tertiary/aromatic N) is 1. The number of ketones is 1. The third-order valence-corrected chi connectivity index (χ3v) is 4.64. The van der Waals surface area contributed by atoms with Gasteiger partial charge in [-0.05, 0) is 36.4 Å². The second-order valence-corrected chi connectivity index (χ2v) is 6.28. The summed E-state index contributed by atoms with van der Waals surface area (Å²) in [6.45, 7) is 1.99. The number of carbonyl (C=O) groups is 1. The van der Waals surface area contributed by atoms with Gasteiger partial charge in [-0.15, -0.1) is 11.8 Å². The van der Waals surface area contributed by atoms with Gasteiger partial charge in [0.05, 0.1) is 11.1 Å². The number of aromatic nitrogens is 1. The summed E-state index contributed by atoms with van der Waals surface area (Å²) in [4.78, 5) is 15.7. The normalized spacial score (nSPS) is 12.0. The van der Waals surface area contributed by atoms with Crippen LogP contribution in [0.25, 0.3) is 0 Å². The number of ether oxygens (including phenoxy) is 1. The number of halogens is 1. The van der Waals surface area contributed by atoms with Crippen molar-refractivity contribution in [2.75, 3.05) is 12.4 Å². The number of pyridine rings is 1. The summed E-state index contributed by atoms with van der Waals surface area (Å²) < 4.78 is 5.53. The number of aliphatic hydroxyl groups excluding tert-OH is 1. The number of carbonyl (C=O) groups excluding carboxylic acids is 1. The van der Waals surface area contributed by atoms with Crippen molar-refractivity contribution in [3.8, 4) is 5.75 Å². The van der Waals surface area contributed by atoms with E-state index in [4.69, 9.17) is 16.3 Å². The van der Waals surface area contributed by atoms with Gasteiger partial charge in [-0.25, -0.2) is 4.98 Å². The highest BCUT2D eigenvalue weighted by atomic mass is 35.5. The molecule has 0 bridgehead atoms. The lowest BCUT2D eigenvalue weighted by atomic mass is 10.1. The zero-order valence-electron chi connectivity index (χ0n) is 12.7. The fourth-order valence-corrected chi connectivity index (χ4v) is 2.91. The minimum absolute atomic E-state index is 0.0974. The first kappa shape index (κ1) is 17.8. The van der Waals surface area contributed by atoms with Gasteiger partial charge >= 0.3 is 0 Å². The number of benzene rings is 1. The van der Waals surface area contributed by atoms with Gasteiger partial charge in [0, 0.05) is 23.9 Å². The lowest BCUT2D eigenvalue weighted by Gasteiger charge is -2.12. The van der Waals surface area contributed by atoms with Crippen LogP contribution in [-0.4, -0.2) is 34.3 Å². The highest BCUT2D eigenvalue weighted by molar-refractivity contribution is 7.99. The van der Waals surface area contributed by atoms with E-state index in [9.17, 15) is 9.90 Å². The van der Waals surface area contributed by atoms with Gasteiger partial charge in [0.15, 0.2) is 5.78 Å². The van der Waals surface area contributed by atoms with Crippen LogP contribution < -0.4 is 4.74 Å². The van der Waals surface area contributed by atoms with Gasteiger partial charge in [-0.1, -0.05) is 18.5 Å². The molecule has 2 rings (SSSR count). The molecule has 122 valence electrons. The molecule has 0 fully saturated rings. The van der Waals surface area contributed by atoms with Gasteiger partial charge in [-0.3, -0.25) is 4.79 Å². The number of hydrogen-bond acceptors (Lipinski definition) is 5. The number of thioether (sulfide) groups is 1. The molecule has 1 aromatic carbocycles. The molecule has 1 unspecified atom stereocenters. The molecule has 2 aromatic rings. The quantitative estimate of drug-likeness (QED) is 0.578. The largest absolute Gasteiger partial charge is 0.491 e. The second kappa shape index (κ2) is 8.91. The molecule has 1 heterocycles. The van der Waals surface area contributed by atoms with Crippen LogP contribution in [-0.2, 0) is 0 Å². The summed E-state index contributed by atoms with van der Waals surface area (Å²) in [6, 6.07) is 10.5. The molecule has 1 atom stereocenters. The monoisotopic (exact) mass is 351 g/mol. The van der Waals surface area contributed by atoms with Crippen molar-refractivity contribution in [2.45, 2.75) is 24.5 Å². The maximum Gasteiger partial charge on any atom is 0.162 e. The first-order valence-corrected chi connectivity index (χ1v) is 8.64. The topological polar surface area (TPSA) is 59.4 Å². The Kier molecular flexibility index (Phi) is 6.89. The molecule has 0 amide bonds. The van der Waals surface area contributed by atoms with Crippen LogP contribution in [0.2, 0.25) is 5.02 Å². The predicted octanol–water partition coefficient (Wildman–Crippen LogP) is 3.86. The van der Waals surface area contributed by atoms with E-state index in [0.717, 1.165) is 0 Å². The molecule has 0 aliphatic heterocycles. The van der Waals surface area contributed by atoms with Crippen LogP contribution in [0.3, 0.4) is 0 Å². The Bertz CT molecular complexity index is 649. The summed E-state index contributed by atoms with van der Waals surface area (Å²) in [5, 5.41) is 11.2. The molecule has 1 aromatic heterocycles. The predicted molar refractivity (Wildman–Crippen MR) is 92.5 cm³/mol. The average molecular weight is 352 g/mol. The Morgan fingerprint density at radius 3 is 2.74 bits per heavy atom. The Morgan fingerprint density at radius 1 is 1.35 bits per heavy atom. The SMILES string of the molecule is CCC(=O)c1ccc(OCC(O)CSc2ncccc2Cl)cc1. The molecule has 0 aliphatic carbocycles. The lowest BCUT2D eigenvalue weighted by molar-refractivity contribution is 0.0987. The third kappa shape index (κ3) is 5.53. The minimum atomic E-state index is -0.643. The molecular formula is C17H18ClNO3S. The maximum absolute atomic E-state index is 11.5. The Balaban J connectivity index is 1.79. The fraction of sp³-hybridized carbons (Fsp3) is 0.294. The lowest BCUT2D eigenvalue weighted by Crippen LogP contribution is -2.20. The highest BCUT2D eigenvalue weighted by Crippen LogP contribution is 2.24. The van der Waals surface area contributed by atoms with Crippen LogP contribution >= 0.6 is 23.4 Å². The molecule has 0 aliphatic rings. The molecular weight excluding hydrogens is 334 g/mol. The molecule has 1 N–H and O–H groups in total. The van der Waals surface area contributed by atoms with Crippen LogP contribution in [0.4, 0.5) is 0 Å². The van der Waals surface area contributed by atoms with E-state index < -0.39 is 6.10 Å². The summed E-state index contributed by atoms with van der Waals surface area (Å²) in [5.41, 5.74) is 0.667. The third-order valence-electron chi connectivity index (χ3n) is 3.08. The van der Waals surface area contributed by atoms with E-state index in [1.807, 2.05) is 6.92 Å². The minimum Gasteiger partial charge on any atom is -0.491 e. The van der Waals surface area contributed by atoms with E-state index in [2.05, 4.69) is 4.98 Å². The standard InChI is InChI=1S/C17H18ClNO3S/c1-2-16(21)12-5-7-14(8-6-12)22-10-13(20)11-23-17-15(18)4-3-9-19-17/h3-9,13,20H,2,10-11H2,1H3. The number of aliphatic hydroxyl groups is 1. The summed E-state index contributed by atoms with van der Waals surface area (Å²) in [6.07, 6.45) is 1.50. The van der Waals surface area contributed by atoms with Crippen molar-refractivity contribution in [1.82, 2.24) is 4.98 Å². The highest BCUT2D eigenvalue weighted by Gasteiger charge is 2.09. The van der Waals surface area contributed by atoms with Crippen molar-refractivity contribution in [1.29, 1.82) is 0 Å². The van der Waals surface area contributed by atoms with Crippen molar-refractivity contribution >= 4 is 29.1 Å². The summed E-state index contributed by atoms with van der Waals surface area (Å²) in [5.74, 6) is 1.15. The summed E-state index contributed by atoms with van der Waals surface area (Å²) >= 11 is 7.39. The number of Topliss-reactive ketones (excluding diaryl/α,β-unsaturated/α-hetero) is 1. The number of hydrogen-bond donors (Lipinski definition) is 1. The van der Waals surface area contributed by atoms with Gasteiger partial charge in [-0.2, -0.15) is 0 Å². The van der Waals surface area contributed by atoms with Gasteiger partial charge in [0.1, 0.15) is 17.4 Å². The Morgan fingerprint density at radius 2 is 2.09 bits per heavy atom. The zero-order valence-corrected chi connectivity index (χ0v) is 14.3. The molecule has 0 saturated carbocycles. The van der Waals surface area contributed by atoms with Crippen LogP contribution in [0.1, 0.15) is 23.7 Å². The zero-order chi connectivity index (χ0) is 16.7. The van der Waals surface area contributed by atoms with Crippen LogP contribution in [0, 0.1) is 0 Å². The maximum atomic E-state index is 11.5.